The summed E-state index contributed by atoms with van der Waals surface area (Å²) in [6.07, 6.45) is 2.47. The molecule has 0 bridgehead atoms. The van der Waals surface area contributed by atoms with Crippen LogP contribution in [0.1, 0.15) is 28.1 Å². The number of carbonyl (C=O) groups excluding carboxylic acids is 2. The largest absolute Gasteiger partial charge is 0.448 e. The number of hydrogen-bond donors (Lipinski definition) is 3. The second-order valence-corrected chi connectivity index (χ2v) is 4.98. The number of benzene rings is 1. The quantitative estimate of drug-likeness (QED) is 0.784. The summed E-state index contributed by atoms with van der Waals surface area (Å²) in [5, 5.41) is 2.47. The van der Waals surface area contributed by atoms with Crippen molar-refractivity contribution in [1.82, 2.24) is 0 Å². The van der Waals surface area contributed by atoms with Crippen LogP contribution in [0.2, 0.25) is 0 Å². The van der Waals surface area contributed by atoms with Gasteiger partial charge < -0.3 is 21.2 Å². The first-order valence-corrected chi connectivity index (χ1v) is 6.68. The highest BCUT2D eigenvalue weighted by Gasteiger charge is 2.27. The van der Waals surface area contributed by atoms with Gasteiger partial charge in [-0.1, -0.05) is 24.3 Å². The van der Waals surface area contributed by atoms with Gasteiger partial charge in [-0.3, -0.25) is 4.79 Å². The molecular formula is C15H15N3O3. The average molecular weight is 285 g/mol. The lowest BCUT2D eigenvalue weighted by atomic mass is 10.0. The SMILES string of the molecule is NC(=O)Nc1c(C(N)=O)oc2c1CCCc1ccccc1-2. The van der Waals surface area contributed by atoms with Gasteiger partial charge in [-0.25, -0.2) is 4.79 Å². The lowest BCUT2D eigenvalue weighted by Crippen LogP contribution is -2.22. The Morgan fingerprint density at radius 2 is 1.90 bits per heavy atom. The van der Waals surface area contributed by atoms with E-state index in [1.54, 1.807) is 0 Å². The molecule has 3 amide bonds. The molecule has 2 aromatic rings. The van der Waals surface area contributed by atoms with Gasteiger partial charge in [0, 0.05) is 11.1 Å². The highest BCUT2D eigenvalue weighted by atomic mass is 16.4. The third kappa shape index (κ3) is 2.24. The Labute approximate surface area is 121 Å². The molecule has 1 aromatic carbocycles. The molecule has 6 nitrogen and oxygen atoms in total. The molecule has 108 valence electrons. The van der Waals surface area contributed by atoms with Crippen molar-refractivity contribution in [1.29, 1.82) is 0 Å². The molecule has 5 N–H and O–H groups in total. The average Bonchev–Trinajstić information content (AvgIpc) is 2.68. The fourth-order valence-electron chi connectivity index (χ4n) is 2.77. The first kappa shape index (κ1) is 13.2. The minimum Gasteiger partial charge on any atom is -0.448 e. The summed E-state index contributed by atoms with van der Waals surface area (Å²) in [5.41, 5.74) is 13.6. The number of hydrogen-bond acceptors (Lipinski definition) is 3. The maximum Gasteiger partial charge on any atom is 0.316 e. The molecule has 0 atom stereocenters. The first-order chi connectivity index (χ1) is 10.1. The molecule has 21 heavy (non-hydrogen) atoms. The molecule has 0 unspecified atom stereocenters. The Balaban J connectivity index is 2.24. The summed E-state index contributed by atoms with van der Waals surface area (Å²) >= 11 is 0. The zero-order valence-electron chi connectivity index (χ0n) is 11.3. The van der Waals surface area contributed by atoms with E-state index in [2.05, 4.69) is 5.32 Å². The van der Waals surface area contributed by atoms with Gasteiger partial charge in [0.15, 0.2) is 0 Å². The molecule has 0 fully saturated rings. The Bertz CT molecular complexity index is 734. The molecular weight excluding hydrogens is 270 g/mol. The van der Waals surface area contributed by atoms with Gasteiger partial charge in [-0.2, -0.15) is 0 Å². The molecule has 1 aliphatic carbocycles. The van der Waals surface area contributed by atoms with Crippen molar-refractivity contribution in [3.8, 4) is 11.3 Å². The second kappa shape index (κ2) is 4.97. The number of fused-ring (bicyclic) bond motifs is 3. The van der Waals surface area contributed by atoms with E-state index >= 15 is 0 Å². The second-order valence-electron chi connectivity index (χ2n) is 4.98. The van der Waals surface area contributed by atoms with Crippen molar-refractivity contribution in [3.63, 3.8) is 0 Å². The normalized spacial score (nSPS) is 13.0. The van der Waals surface area contributed by atoms with Gasteiger partial charge in [0.25, 0.3) is 5.91 Å². The first-order valence-electron chi connectivity index (χ1n) is 6.68. The van der Waals surface area contributed by atoms with E-state index < -0.39 is 11.9 Å². The van der Waals surface area contributed by atoms with Gasteiger partial charge >= 0.3 is 6.03 Å². The summed E-state index contributed by atoms with van der Waals surface area (Å²) in [6.45, 7) is 0. The molecule has 1 aromatic heterocycles. The van der Waals surface area contributed by atoms with Crippen LogP contribution >= 0.6 is 0 Å². The molecule has 1 aliphatic rings. The number of primary amides is 2. The number of anilines is 1. The Kier molecular flexibility index (Phi) is 3.13. The molecule has 1 heterocycles. The summed E-state index contributed by atoms with van der Waals surface area (Å²) in [5.74, 6) is -0.208. The lowest BCUT2D eigenvalue weighted by molar-refractivity contribution is 0.0976. The van der Waals surface area contributed by atoms with E-state index in [1.165, 1.54) is 0 Å². The summed E-state index contributed by atoms with van der Waals surface area (Å²) in [6, 6.07) is 7.07. The van der Waals surface area contributed by atoms with Crippen molar-refractivity contribution in [2.45, 2.75) is 19.3 Å². The van der Waals surface area contributed by atoms with Crippen LogP contribution in [0.25, 0.3) is 11.3 Å². The van der Waals surface area contributed by atoms with Gasteiger partial charge in [0.05, 0.1) is 5.69 Å². The molecule has 3 rings (SSSR count). The van der Waals surface area contributed by atoms with Gasteiger partial charge in [-0.15, -0.1) is 0 Å². The van der Waals surface area contributed by atoms with Crippen LogP contribution < -0.4 is 16.8 Å². The van der Waals surface area contributed by atoms with Crippen LogP contribution in [-0.2, 0) is 12.8 Å². The van der Waals surface area contributed by atoms with Crippen LogP contribution in [0.3, 0.4) is 0 Å². The van der Waals surface area contributed by atoms with Crippen LogP contribution in [0.4, 0.5) is 10.5 Å². The lowest BCUT2D eigenvalue weighted by Gasteiger charge is -2.03. The number of urea groups is 1. The molecule has 0 saturated heterocycles. The monoisotopic (exact) mass is 285 g/mol. The third-order valence-electron chi connectivity index (χ3n) is 3.61. The summed E-state index contributed by atoms with van der Waals surface area (Å²) in [4.78, 5) is 22.7. The maximum atomic E-state index is 11.6. The summed E-state index contributed by atoms with van der Waals surface area (Å²) in [7, 11) is 0. The van der Waals surface area contributed by atoms with Crippen LogP contribution in [0.15, 0.2) is 28.7 Å². The fraction of sp³-hybridized carbons (Fsp3) is 0.200. The third-order valence-corrected chi connectivity index (χ3v) is 3.61. The number of nitrogens with two attached hydrogens (primary N) is 2. The predicted molar refractivity (Wildman–Crippen MR) is 77.9 cm³/mol. The number of rotatable bonds is 2. The number of carbonyl (C=O) groups is 2. The smallest absolute Gasteiger partial charge is 0.316 e. The van der Waals surface area contributed by atoms with E-state index in [0.29, 0.717) is 17.9 Å². The molecule has 0 radical (unpaired) electrons. The predicted octanol–water partition coefficient (Wildman–Crippen LogP) is 2.02. The van der Waals surface area contributed by atoms with Crippen molar-refractivity contribution in [3.05, 3.63) is 41.2 Å². The Morgan fingerprint density at radius 3 is 2.62 bits per heavy atom. The minimum atomic E-state index is -0.751. The molecule has 0 spiro atoms. The van der Waals surface area contributed by atoms with Crippen molar-refractivity contribution in [2.75, 3.05) is 5.32 Å². The Morgan fingerprint density at radius 1 is 1.14 bits per heavy atom. The number of amides is 3. The van der Waals surface area contributed by atoms with Crippen molar-refractivity contribution in [2.24, 2.45) is 11.5 Å². The van der Waals surface area contributed by atoms with E-state index in [9.17, 15) is 9.59 Å². The molecule has 6 heteroatoms. The number of nitrogens with one attached hydrogen (secondary N) is 1. The Hall–Kier alpha value is -2.76. The van der Waals surface area contributed by atoms with E-state index in [-0.39, 0.29) is 5.76 Å². The van der Waals surface area contributed by atoms with Crippen LogP contribution in [0.5, 0.6) is 0 Å². The zero-order chi connectivity index (χ0) is 15.0. The van der Waals surface area contributed by atoms with Crippen LogP contribution in [0, 0.1) is 0 Å². The van der Waals surface area contributed by atoms with E-state index in [1.807, 2.05) is 24.3 Å². The van der Waals surface area contributed by atoms with Gasteiger partial charge in [0.2, 0.25) is 5.76 Å². The van der Waals surface area contributed by atoms with Gasteiger partial charge in [-0.05, 0) is 24.8 Å². The minimum absolute atomic E-state index is 0.0597. The number of aryl methyl sites for hydroxylation is 1. The van der Waals surface area contributed by atoms with Crippen molar-refractivity contribution >= 4 is 17.6 Å². The maximum absolute atomic E-state index is 11.6. The highest BCUT2D eigenvalue weighted by molar-refractivity contribution is 6.02. The molecule has 0 aliphatic heterocycles. The number of furan rings is 1. The topological polar surface area (TPSA) is 111 Å². The fourth-order valence-corrected chi connectivity index (χ4v) is 2.77. The zero-order valence-corrected chi connectivity index (χ0v) is 11.3. The highest BCUT2D eigenvalue weighted by Crippen LogP contribution is 2.40. The van der Waals surface area contributed by atoms with E-state index in [0.717, 1.165) is 29.5 Å². The van der Waals surface area contributed by atoms with E-state index in [4.69, 9.17) is 15.9 Å². The summed E-state index contributed by atoms with van der Waals surface area (Å²) < 4.78 is 5.66. The van der Waals surface area contributed by atoms with Gasteiger partial charge in [0.1, 0.15) is 5.76 Å². The van der Waals surface area contributed by atoms with Crippen molar-refractivity contribution < 1.29 is 14.0 Å². The standard InChI is InChI=1S/C15H15N3O3/c16-14(19)13-11(18-15(17)20)10-7-3-5-8-4-1-2-6-9(8)12(10)21-13/h1-2,4,6H,3,5,7H2,(H2,16,19)(H3,17,18,20). The molecule has 0 saturated carbocycles. The van der Waals surface area contributed by atoms with Crippen LogP contribution in [-0.4, -0.2) is 11.9 Å².